The molecule has 0 aliphatic heterocycles. The van der Waals surface area contributed by atoms with Gasteiger partial charge >= 0.3 is 0 Å². The molecule has 0 unspecified atom stereocenters. The van der Waals surface area contributed by atoms with Crippen LogP contribution in [0, 0.1) is 5.82 Å². The number of nitrogens with zero attached hydrogens (tertiary/aromatic N) is 2. The predicted molar refractivity (Wildman–Crippen MR) is 80.3 cm³/mol. The fraction of sp³-hybridized carbons (Fsp3) is 0.375. The van der Waals surface area contributed by atoms with Crippen molar-refractivity contribution in [2.45, 2.75) is 38.5 Å². The molecule has 1 aliphatic rings. The Bertz CT molecular complexity index is 642. The first-order valence-corrected chi connectivity index (χ1v) is 7.36. The Labute approximate surface area is 123 Å². The first kappa shape index (κ1) is 13.9. The van der Waals surface area contributed by atoms with Gasteiger partial charge in [-0.2, -0.15) is 0 Å². The Balaban J connectivity index is 1.94. The van der Waals surface area contributed by atoms with E-state index >= 15 is 0 Å². The van der Waals surface area contributed by atoms with E-state index < -0.39 is 0 Å². The van der Waals surface area contributed by atoms with Crippen molar-refractivity contribution < 1.29 is 4.39 Å². The van der Waals surface area contributed by atoms with E-state index in [2.05, 4.69) is 15.4 Å². The van der Waals surface area contributed by atoms with Gasteiger partial charge in [-0.15, -0.1) is 0 Å². The molecule has 0 bridgehead atoms. The standard InChI is InChI=1S/C16H19FN4/c17-12-6-4-5-11(9-12)10-15-19-14-8-3-1-2-7-13(14)16(20-15)21-18/h4-6,9H,1-3,7-8,10,18H2,(H,19,20,21). The smallest absolute Gasteiger partial charge is 0.147 e. The first-order valence-electron chi connectivity index (χ1n) is 7.36. The molecule has 110 valence electrons. The second-order valence-electron chi connectivity index (χ2n) is 5.43. The van der Waals surface area contributed by atoms with Crippen molar-refractivity contribution in [3.8, 4) is 0 Å². The third-order valence-electron chi connectivity index (χ3n) is 3.87. The van der Waals surface area contributed by atoms with Crippen LogP contribution in [0.2, 0.25) is 0 Å². The molecule has 1 aliphatic carbocycles. The van der Waals surface area contributed by atoms with Gasteiger partial charge in [-0.3, -0.25) is 0 Å². The summed E-state index contributed by atoms with van der Waals surface area (Å²) in [6.07, 6.45) is 5.94. The lowest BCUT2D eigenvalue weighted by atomic mass is 10.1. The fourth-order valence-electron chi connectivity index (χ4n) is 2.85. The second-order valence-corrected chi connectivity index (χ2v) is 5.43. The Kier molecular flexibility index (Phi) is 4.10. The number of hydrogen-bond donors (Lipinski definition) is 2. The van der Waals surface area contributed by atoms with Gasteiger partial charge in [0.25, 0.3) is 0 Å². The molecule has 1 aromatic carbocycles. The molecule has 0 saturated carbocycles. The van der Waals surface area contributed by atoms with E-state index in [-0.39, 0.29) is 5.82 Å². The van der Waals surface area contributed by atoms with E-state index in [4.69, 9.17) is 5.84 Å². The molecule has 3 rings (SSSR count). The topological polar surface area (TPSA) is 63.8 Å². The molecule has 0 atom stereocenters. The van der Waals surface area contributed by atoms with E-state index in [9.17, 15) is 4.39 Å². The highest BCUT2D eigenvalue weighted by molar-refractivity contribution is 5.46. The lowest BCUT2D eigenvalue weighted by molar-refractivity contribution is 0.625. The summed E-state index contributed by atoms with van der Waals surface area (Å²) in [6, 6.07) is 6.54. The second kappa shape index (κ2) is 6.18. The van der Waals surface area contributed by atoms with Gasteiger partial charge in [-0.05, 0) is 43.4 Å². The number of rotatable bonds is 3. The Morgan fingerprint density at radius 1 is 1.14 bits per heavy atom. The van der Waals surface area contributed by atoms with E-state index in [0.29, 0.717) is 18.1 Å². The molecule has 1 heterocycles. The molecule has 2 aromatic rings. The first-order chi connectivity index (χ1) is 10.3. The molecule has 0 fully saturated rings. The van der Waals surface area contributed by atoms with Gasteiger partial charge in [0.1, 0.15) is 17.5 Å². The van der Waals surface area contributed by atoms with Crippen molar-refractivity contribution in [3.63, 3.8) is 0 Å². The van der Waals surface area contributed by atoms with Gasteiger partial charge in [-0.25, -0.2) is 20.2 Å². The summed E-state index contributed by atoms with van der Waals surface area (Å²) >= 11 is 0. The summed E-state index contributed by atoms with van der Waals surface area (Å²) < 4.78 is 13.3. The molecule has 3 N–H and O–H groups in total. The number of nitrogens with one attached hydrogen (secondary N) is 1. The maximum absolute atomic E-state index is 13.3. The maximum Gasteiger partial charge on any atom is 0.147 e. The van der Waals surface area contributed by atoms with Crippen molar-refractivity contribution in [1.29, 1.82) is 0 Å². The van der Waals surface area contributed by atoms with Crippen LogP contribution in [0.4, 0.5) is 10.2 Å². The van der Waals surface area contributed by atoms with Crippen LogP contribution in [0.15, 0.2) is 24.3 Å². The molecular weight excluding hydrogens is 267 g/mol. The van der Waals surface area contributed by atoms with Crippen LogP contribution < -0.4 is 11.3 Å². The number of aromatic nitrogens is 2. The lowest BCUT2D eigenvalue weighted by Gasteiger charge is -2.12. The average molecular weight is 286 g/mol. The SMILES string of the molecule is NNc1nc(Cc2cccc(F)c2)nc2c1CCCCC2. The van der Waals surface area contributed by atoms with Crippen molar-refractivity contribution in [2.24, 2.45) is 5.84 Å². The number of hydrazine groups is 1. The summed E-state index contributed by atoms with van der Waals surface area (Å²) in [6.45, 7) is 0. The molecule has 0 amide bonds. The zero-order valence-electron chi connectivity index (χ0n) is 11.9. The zero-order chi connectivity index (χ0) is 14.7. The number of nitrogens with two attached hydrogens (primary N) is 1. The minimum atomic E-state index is -0.237. The quantitative estimate of drug-likeness (QED) is 0.517. The fourth-order valence-corrected chi connectivity index (χ4v) is 2.85. The van der Waals surface area contributed by atoms with Gasteiger partial charge in [0, 0.05) is 17.7 Å². The van der Waals surface area contributed by atoms with Crippen molar-refractivity contribution in [1.82, 2.24) is 9.97 Å². The Hall–Kier alpha value is -2.01. The summed E-state index contributed by atoms with van der Waals surface area (Å²) in [4.78, 5) is 9.18. The number of nitrogen functional groups attached to an aromatic ring is 1. The van der Waals surface area contributed by atoms with Crippen LogP contribution >= 0.6 is 0 Å². The highest BCUT2D eigenvalue weighted by Gasteiger charge is 2.16. The third-order valence-corrected chi connectivity index (χ3v) is 3.87. The largest absolute Gasteiger partial charge is 0.308 e. The number of anilines is 1. The van der Waals surface area contributed by atoms with Gasteiger partial charge in [0.05, 0.1) is 0 Å². The molecule has 4 nitrogen and oxygen atoms in total. The van der Waals surface area contributed by atoms with Crippen molar-refractivity contribution in [2.75, 3.05) is 5.43 Å². The number of fused-ring (bicyclic) bond motifs is 1. The summed E-state index contributed by atoms with van der Waals surface area (Å²) in [5.74, 6) is 6.78. The van der Waals surface area contributed by atoms with E-state index in [0.717, 1.165) is 42.5 Å². The van der Waals surface area contributed by atoms with Crippen LogP contribution in [0.1, 0.15) is 41.9 Å². The predicted octanol–water partition coefficient (Wildman–Crippen LogP) is 2.76. The summed E-state index contributed by atoms with van der Waals surface area (Å²) in [7, 11) is 0. The van der Waals surface area contributed by atoms with Gasteiger partial charge in [0.15, 0.2) is 0 Å². The number of halogens is 1. The van der Waals surface area contributed by atoms with Crippen LogP contribution in [-0.2, 0) is 19.3 Å². The Morgan fingerprint density at radius 2 is 2.00 bits per heavy atom. The monoisotopic (exact) mass is 286 g/mol. The normalized spacial score (nSPS) is 14.4. The third kappa shape index (κ3) is 3.19. The molecule has 21 heavy (non-hydrogen) atoms. The van der Waals surface area contributed by atoms with E-state index in [1.165, 1.54) is 18.6 Å². The highest BCUT2D eigenvalue weighted by atomic mass is 19.1. The van der Waals surface area contributed by atoms with Crippen LogP contribution in [0.25, 0.3) is 0 Å². The highest BCUT2D eigenvalue weighted by Crippen LogP contribution is 2.25. The number of aryl methyl sites for hydroxylation is 1. The molecule has 5 heteroatoms. The average Bonchev–Trinajstić information content (AvgIpc) is 2.71. The minimum Gasteiger partial charge on any atom is -0.308 e. The lowest BCUT2D eigenvalue weighted by Crippen LogP contribution is -2.15. The van der Waals surface area contributed by atoms with Gasteiger partial charge in [-0.1, -0.05) is 18.6 Å². The molecule has 1 aromatic heterocycles. The van der Waals surface area contributed by atoms with Crippen molar-refractivity contribution in [3.05, 3.63) is 52.7 Å². The van der Waals surface area contributed by atoms with E-state index in [1.807, 2.05) is 6.07 Å². The molecular formula is C16H19FN4. The molecule has 0 radical (unpaired) electrons. The van der Waals surface area contributed by atoms with Gasteiger partial charge in [0.2, 0.25) is 0 Å². The maximum atomic E-state index is 13.3. The van der Waals surface area contributed by atoms with Crippen LogP contribution in [0.3, 0.4) is 0 Å². The minimum absolute atomic E-state index is 0.237. The number of hydrogen-bond acceptors (Lipinski definition) is 4. The van der Waals surface area contributed by atoms with Gasteiger partial charge < -0.3 is 5.43 Å². The Morgan fingerprint density at radius 3 is 2.81 bits per heavy atom. The summed E-state index contributed by atoms with van der Waals surface area (Å²) in [5, 5.41) is 0. The van der Waals surface area contributed by atoms with Crippen LogP contribution in [0.5, 0.6) is 0 Å². The van der Waals surface area contributed by atoms with Crippen molar-refractivity contribution >= 4 is 5.82 Å². The molecule has 0 spiro atoms. The summed E-state index contributed by atoms with van der Waals surface area (Å²) in [5.41, 5.74) is 5.78. The molecule has 0 saturated heterocycles. The van der Waals surface area contributed by atoms with Crippen LogP contribution in [-0.4, -0.2) is 9.97 Å². The number of benzene rings is 1. The zero-order valence-corrected chi connectivity index (χ0v) is 11.9. The van der Waals surface area contributed by atoms with E-state index in [1.54, 1.807) is 6.07 Å².